The van der Waals surface area contributed by atoms with E-state index in [2.05, 4.69) is 42.0 Å². The molecule has 0 aliphatic carbocycles. The third-order valence-electron chi connectivity index (χ3n) is 3.14. The minimum atomic E-state index is -0.161. The normalized spacial score (nSPS) is 12.9. The summed E-state index contributed by atoms with van der Waals surface area (Å²) in [5.41, 5.74) is 1.07. The largest absolute Gasteiger partial charge is 0.314 e. The highest BCUT2D eigenvalue weighted by atomic mass is 79.9. The summed E-state index contributed by atoms with van der Waals surface area (Å²) in [7, 11) is 0. The summed E-state index contributed by atoms with van der Waals surface area (Å²) in [6, 6.07) is 5.68. The number of benzene rings is 1. The van der Waals surface area contributed by atoms with Gasteiger partial charge in [-0.2, -0.15) is 0 Å². The lowest BCUT2D eigenvalue weighted by atomic mass is 9.97. The Kier molecular flexibility index (Phi) is 7.62. The van der Waals surface area contributed by atoms with E-state index < -0.39 is 0 Å². The zero-order valence-corrected chi connectivity index (χ0v) is 13.8. The Morgan fingerprint density at radius 1 is 1.26 bits per heavy atom. The fraction of sp³-hybridized carbons (Fsp3) is 0.625. The molecule has 1 N–H and O–H groups in total. The molecular formula is C16H25BrFN. The van der Waals surface area contributed by atoms with Crippen LogP contribution in [-0.4, -0.2) is 12.6 Å². The number of halogens is 2. The van der Waals surface area contributed by atoms with Crippen LogP contribution >= 0.6 is 15.9 Å². The molecule has 0 amide bonds. The summed E-state index contributed by atoms with van der Waals surface area (Å²) in [6.45, 7) is 7.74. The van der Waals surface area contributed by atoms with Crippen molar-refractivity contribution in [3.8, 4) is 0 Å². The van der Waals surface area contributed by atoms with Gasteiger partial charge in [0.25, 0.3) is 0 Å². The second-order valence-electron chi connectivity index (χ2n) is 5.60. The molecule has 1 aromatic carbocycles. The van der Waals surface area contributed by atoms with Gasteiger partial charge in [-0.1, -0.05) is 36.7 Å². The van der Waals surface area contributed by atoms with Gasteiger partial charge in [0.05, 0.1) is 0 Å². The highest BCUT2D eigenvalue weighted by molar-refractivity contribution is 9.10. The maximum atomic E-state index is 13.3. The highest BCUT2D eigenvalue weighted by Gasteiger charge is 2.10. The predicted octanol–water partition coefficient (Wildman–Crippen LogP) is 4.94. The summed E-state index contributed by atoms with van der Waals surface area (Å²) >= 11 is 3.35. The molecule has 3 heteroatoms. The zero-order valence-electron chi connectivity index (χ0n) is 12.2. The predicted molar refractivity (Wildman–Crippen MR) is 84.0 cm³/mol. The number of hydrogen-bond donors (Lipinski definition) is 1. The second-order valence-corrected chi connectivity index (χ2v) is 6.51. The van der Waals surface area contributed by atoms with Crippen LogP contribution in [-0.2, 0) is 6.42 Å². The molecule has 0 aliphatic rings. The molecule has 0 saturated carbocycles. The van der Waals surface area contributed by atoms with E-state index >= 15 is 0 Å². The number of rotatable bonds is 8. The summed E-state index contributed by atoms with van der Waals surface area (Å²) in [6.07, 6.45) is 4.31. The molecule has 0 fully saturated rings. The van der Waals surface area contributed by atoms with E-state index in [4.69, 9.17) is 0 Å². The maximum absolute atomic E-state index is 13.3. The minimum Gasteiger partial charge on any atom is -0.314 e. The third kappa shape index (κ3) is 7.07. The second kappa shape index (κ2) is 8.70. The van der Waals surface area contributed by atoms with Crippen LogP contribution in [0.3, 0.4) is 0 Å². The Bertz CT molecular complexity index is 359. The summed E-state index contributed by atoms with van der Waals surface area (Å²) in [5, 5.41) is 3.59. The monoisotopic (exact) mass is 329 g/mol. The zero-order chi connectivity index (χ0) is 14.3. The smallest absolute Gasteiger partial charge is 0.124 e. The average molecular weight is 330 g/mol. The van der Waals surface area contributed by atoms with Crippen molar-refractivity contribution < 1.29 is 4.39 Å². The fourth-order valence-electron chi connectivity index (χ4n) is 2.32. The SMILES string of the molecule is CCCNC(CCc1cc(F)cc(Br)c1)CC(C)C. The highest BCUT2D eigenvalue weighted by Crippen LogP contribution is 2.18. The Balaban J connectivity index is 2.53. The maximum Gasteiger partial charge on any atom is 0.124 e. The fourth-order valence-corrected chi connectivity index (χ4v) is 2.83. The molecule has 0 saturated heterocycles. The van der Waals surface area contributed by atoms with Crippen molar-refractivity contribution in [1.29, 1.82) is 0 Å². The molecule has 0 aromatic heterocycles. The van der Waals surface area contributed by atoms with Gasteiger partial charge in [0, 0.05) is 10.5 Å². The molecule has 0 radical (unpaired) electrons. The van der Waals surface area contributed by atoms with Gasteiger partial charge >= 0.3 is 0 Å². The molecule has 0 spiro atoms. The van der Waals surface area contributed by atoms with E-state index in [1.54, 1.807) is 6.07 Å². The van der Waals surface area contributed by atoms with Crippen LogP contribution in [0.25, 0.3) is 0 Å². The van der Waals surface area contributed by atoms with Crippen LogP contribution in [0, 0.1) is 11.7 Å². The number of aryl methyl sites for hydroxylation is 1. The molecule has 0 aliphatic heterocycles. The Morgan fingerprint density at radius 2 is 2.00 bits per heavy atom. The molecule has 1 rings (SSSR count). The lowest BCUT2D eigenvalue weighted by Gasteiger charge is -2.20. The first-order valence-corrected chi connectivity index (χ1v) is 7.99. The van der Waals surface area contributed by atoms with Gasteiger partial charge in [-0.15, -0.1) is 0 Å². The molecular weight excluding hydrogens is 305 g/mol. The van der Waals surface area contributed by atoms with Crippen molar-refractivity contribution in [3.05, 3.63) is 34.1 Å². The van der Waals surface area contributed by atoms with Crippen molar-refractivity contribution in [3.63, 3.8) is 0 Å². The summed E-state index contributed by atoms with van der Waals surface area (Å²) in [5.74, 6) is 0.528. The quantitative estimate of drug-likeness (QED) is 0.712. The number of hydrogen-bond acceptors (Lipinski definition) is 1. The molecule has 0 bridgehead atoms. The Labute approximate surface area is 125 Å². The Morgan fingerprint density at radius 3 is 2.58 bits per heavy atom. The van der Waals surface area contributed by atoms with Crippen molar-refractivity contribution in [2.45, 2.75) is 52.5 Å². The summed E-state index contributed by atoms with van der Waals surface area (Å²) in [4.78, 5) is 0. The van der Waals surface area contributed by atoms with Crippen LogP contribution in [0.2, 0.25) is 0 Å². The van der Waals surface area contributed by atoms with Gasteiger partial charge in [-0.3, -0.25) is 0 Å². The molecule has 19 heavy (non-hydrogen) atoms. The first kappa shape index (κ1) is 16.6. The minimum absolute atomic E-state index is 0.161. The standard InChI is InChI=1S/C16H25BrFN/c1-4-7-19-16(8-12(2)3)6-5-13-9-14(17)11-15(18)10-13/h9-12,16,19H,4-8H2,1-3H3. The van der Waals surface area contributed by atoms with Gasteiger partial charge < -0.3 is 5.32 Å². The van der Waals surface area contributed by atoms with Gasteiger partial charge in [0.1, 0.15) is 5.82 Å². The van der Waals surface area contributed by atoms with Gasteiger partial charge in [0.2, 0.25) is 0 Å². The topological polar surface area (TPSA) is 12.0 Å². The average Bonchev–Trinajstić information content (AvgIpc) is 2.31. The van der Waals surface area contributed by atoms with Crippen LogP contribution in [0.5, 0.6) is 0 Å². The number of nitrogens with one attached hydrogen (secondary N) is 1. The van der Waals surface area contributed by atoms with Crippen LogP contribution in [0.1, 0.15) is 45.6 Å². The molecule has 0 heterocycles. The molecule has 1 atom stereocenters. The lowest BCUT2D eigenvalue weighted by Crippen LogP contribution is -2.31. The molecule has 1 unspecified atom stereocenters. The van der Waals surface area contributed by atoms with Crippen LogP contribution < -0.4 is 5.32 Å². The van der Waals surface area contributed by atoms with Gasteiger partial charge in [-0.05, 0) is 61.9 Å². The van der Waals surface area contributed by atoms with E-state index in [0.717, 1.165) is 35.8 Å². The van der Waals surface area contributed by atoms with Crippen molar-refractivity contribution in [1.82, 2.24) is 5.32 Å². The molecule has 1 aromatic rings. The lowest BCUT2D eigenvalue weighted by molar-refractivity contribution is 0.398. The van der Waals surface area contributed by atoms with Gasteiger partial charge in [-0.25, -0.2) is 4.39 Å². The van der Waals surface area contributed by atoms with E-state index in [1.807, 2.05) is 6.07 Å². The Hall–Kier alpha value is -0.410. The van der Waals surface area contributed by atoms with Crippen LogP contribution in [0.4, 0.5) is 4.39 Å². The molecule has 108 valence electrons. The van der Waals surface area contributed by atoms with E-state index in [0.29, 0.717) is 12.0 Å². The van der Waals surface area contributed by atoms with E-state index in [9.17, 15) is 4.39 Å². The van der Waals surface area contributed by atoms with Crippen molar-refractivity contribution in [2.75, 3.05) is 6.54 Å². The van der Waals surface area contributed by atoms with E-state index in [1.165, 1.54) is 12.5 Å². The van der Waals surface area contributed by atoms with Crippen LogP contribution in [0.15, 0.2) is 22.7 Å². The van der Waals surface area contributed by atoms with Gasteiger partial charge in [0.15, 0.2) is 0 Å². The summed E-state index contributed by atoms with van der Waals surface area (Å²) < 4.78 is 14.1. The first-order chi connectivity index (χ1) is 9.01. The molecule has 1 nitrogen and oxygen atoms in total. The first-order valence-electron chi connectivity index (χ1n) is 7.19. The van der Waals surface area contributed by atoms with Crippen molar-refractivity contribution in [2.24, 2.45) is 5.92 Å². The third-order valence-corrected chi connectivity index (χ3v) is 3.60. The van der Waals surface area contributed by atoms with Crippen molar-refractivity contribution >= 4 is 15.9 Å². The van der Waals surface area contributed by atoms with E-state index in [-0.39, 0.29) is 5.82 Å².